The van der Waals surface area contributed by atoms with Gasteiger partial charge >= 0.3 is 0 Å². The molecule has 2 aromatic rings. The molecule has 0 aliphatic carbocycles. The second-order valence-corrected chi connectivity index (χ2v) is 5.45. The van der Waals surface area contributed by atoms with E-state index in [1.165, 1.54) is 17.8 Å². The van der Waals surface area contributed by atoms with Crippen LogP contribution >= 0.6 is 0 Å². The van der Waals surface area contributed by atoms with Crippen LogP contribution in [0.5, 0.6) is 0 Å². The van der Waals surface area contributed by atoms with Crippen molar-refractivity contribution >= 4 is 21.5 Å². The van der Waals surface area contributed by atoms with E-state index in [-0.39, 0.29) is 22.2 Å². The largest absolute Gasteiger partial charge is 0.394 e. The number of aromatic nitrogens is 3. The summed E-state index contributed by atoms with van der Waals surface area (Å²) in [4.78, 5) is 0.0168. The molecule has 0 bridgehead atoms. The summed E-state index contributed by atoms with van der Waals surface area (Å²) in [5.41, 5.74) is 6.16. The van der Waals surface area contributed by atoms with Gasteiger partial charge < -0.3 is 10.3 Å². The Hall–Kier alpha value is -2.03. The van der Waals surface area contributed by atoms with E-state index >= 15 is 0 Å². The molecular formula is C9H13N5O3S. The summed E-state index contributed by atoms with van der Waals surface area (Å²) in [7, 11) is -2.21. The predicted octanol–water partition coefficient (Wildman–Crippen LogP) is 0.408. The molecule has 0 aliphatic rings. The molecule has 0 atom stereocenters. The maximum absolute atomic E-state index is 12.2. The SMILES string of the molecule is Cc1noc(C)c1S(=O)(=O)Nc1c(N)cnn1C. The van der Waals surface area contributed by atoms with Gasteiger partial charge in [0.1, 0.15) is 5.69 Å². The van der Waals surface area contributed by atoms with Crippen molar-refractivity contribution in [3.05, 3.63) is 17.7 Å². The molecule has 0 amide bonds. The number of hydrogen-bond acceptors (Lipinski definition) is 6. The van der Waals surface area contributed by atoms with Crippen molar-refractivity contribution in [3.63, 3.8) is 0 Å². The summed E-state index contributed by atoms with van der Waals surface area (Å²) in [6, 6.07) is 0. The molecule has 0 fully saturated rings. The fraction of sp³-hybridized carbons (Fsp3) is 0.333. The quantitative estimate of drug-likeness (QED) is 0.835. The molecule has 3 N–H and O–H groups in total. The van der Waals surface area contributed by atoms with Gasteiger partial charge in [-0.1, -0.05) is 5.16 Å². The van der Waals surface area contributed by atoms with Crippen molar-refractivity contribution in [2.75, 3.05) is 10.5 Å². The zero-order chi connectivity index (χ0) is 13.5. The number of nitrogens with zero attached hydrogens (tertiary/aromatic N) is 3. The zero-order valence-corrected chi connectivity index (χ0v) is 10.9. The van der Waals surface area contributed by atoms with Crippen LogP contribution < -0.4 is 10.5 Å². The highest BCUT2D eigenvalue weighted by Gasteiger charge is 2.25. The number of rotatable bonds is 3. The van der Waals surface area contributed by atoms with Gasteiger partial charge in [0.25, 0.3) is 10.0 Å². The number of sulfonamides is 1. The number of nitrogens with two attached hydrogens (primary N) is 1. The van der Waals surface area contributed by atoms with Crippen molar-refractivity contribution in [2.45, 2.75) is 18.7 Å². The highest BCUT2D eigenvalue weighted by Crippen LogP contribution is 2.24. The molecule has 0 saturated carbocycles. The molecule has 9 heteroatoms. The lowest BCUT2D eigenvalue weighted by molar-refractivity contribution is 0.390. The minimum Gasteiger partial charge on any atom is -0.394 e. The predicted molar refractivity (Wildman–Crippen MR) is 64.4 cm³/mol. The molecule has 18 heavy (non-hydrogen) atoms. The van der Waals surface area contributed by atoms with Crippen LogP contribution in [0.4, 0.5) is 11.5 Å². The van der Waals surface area contributed by atoms with E-state index in [1.807, 2.05) is 0 Å². The van der Waals surface area contributed by atoms with Crippen LogP contribution in [0, 0.1) is 13.8 Å². The molecule has 0 saturated heterocycles. The van der Waals surface area contributed by atoms with Crippen molar-refractivity contribution in [3.8, 4) is 0 Å². The third kappa shape index (κ3) is 1.92. The van der Waals surface area contributed by atoms with Crippen molar-refractivity contribution in [1.29, 1.82) is 0 Å². The van der Waals surface area contributed by atoms with Crippen molar-refractivity contribution in [1.82, 2.24) is 14.9 Å². The minimum atomic E-state index is -3.79. The number of aryl methyl sites for hydroxylation is 3. The lowest BCUT2D eigenvalue weighted by atomic mass is 10.4. The molecule has 2 aromatic heterocycles. The number of nitrogen functional groups attached to an aromatic ring is 1. The van der Waals surface area contributed by atoms with Crippen LogP contribution in [0.2, 0.25) is 0 Å². The van der Waals surface area contributed by atoms with Gasteiger partial charge in [-0.2, -0.15) is 5.10 Å². The summed E-state index contributed by atoms with van der Waals surface area (Å²) in [6.07, 6.45) is 1.37. The van der Waals surface area contributed by atoms with E-state index in [9.17, 15) is 8.42 Å². The minimum absolute atomic E-state index is 0.0168. The first-order valence-corrected chi connectivity index (χ1v) is 6.54. The first kappa shape index (κ1) is 12.4. The van der Waals surface area contributed by atoms with Crippen LogP contribution in [-0.4, -0.2) is 23.4 Å². The van der Waals surface area contributed by atoms with Crippen LogP contribution in [-0.2, 0) is 17.1 Å². The summed E-state index contributed by atoms with van der Waals surface area (Å²) in [5.74, 6) is 0.427. The Morgan fingerprint density at radius 3 is 2.56 bits per heavy atom. The van der Waals surface area contributed by atoms with E-state index in [0.717, 1.165) is 0 Å². The van der Waals surface area contributed by atoms with Gasteiger partial charge in [0.15, 0.2) is 16.5 Å². The van der Waals surface area contributed by atoms with E-state index in [0.29, 0.717) is 5.69 Å². The Bertz CT molecular complexity index is 646. The molecule has 0 unspecified atom stereocenters. The summed E-state index contributed by atoms with van der Waals surface area (Å²) in [6.45, 7) is 3.08. The standard InChI is InChI=1S/C9H13N5O3S/c1-5-8(6(2)17-12-5)18(15,16)13-9-7(10)4-11-14(9)3/h4,13H,10H2,1-3H3. The monoisotopic (exact) mass is 271 g/mol. The van der Waals surface area contributed by atoms with Gasteiger partial charge in [-0.05, 0) is 13.8 Å². The van der Waals surface area contributed by atoms with Crippen molar-refractivity contribution < 1.29 is 12.9 Å². The van der Waals surface area contributed by atoms with Gasteiger partial charge in [0.2, 0.25) is 0 Å². The maximum Gasteiger partial charge on any atom is 0.268 e. The van der Waals surface area contributed by atoms with Gasteiger partial charge in [0, 0.05) is 7.05 Å². The molecule has 2 heterocycles. The molecule has 0 radical (unpaired) electrons. The number of hydrogen-bond donors (Lipinski definition) is 2. The van der Waals surface area contributed by atoms with Crippen LogP contribution in [0.1, 0.15) is 11.5 Å². The second kappa shape index (κ2) is 4.02. The van der Waals surface area contributed by atoms with Crippen LogP contribution in [0.15, 0.2) is 15.6 Å². The number of nitrogens with one attached hydrogen (secondary N) is 1. The molecule has 0 aromatic carbocycles. The Labute approximate surface area is 104 Å². The maximum atomic E-state index is 12.2. The molecule has 2 rings (SSSR count). The molecule has 98 valence electrons. The van der Waals surface area contributed by atoms with Crippen LogP contribution in [0.25, 0.3) is 0 Å². The molecule has 0 aliphatic heterocycles. The summed E-state index contributed by atoms with van der Waals surface area (Å²) >= 11 is 0. The lowest BCUT2D eigenvalue weighted by Gasteiger charge is -2.08. The average molecular weight is 271 g/mol. The summed E-state index contributed by atoms with van der Waals surface area (Å²) in [5, 5.41) is 7.46. The third-order valence-electron chi connectivity index (χ3n) is 2.43. The van der Waals surface area contributed by atoms with E-state index in [4.69, 9.17) is 10.3 Å². The Morgan fingerprint density at radius 1 is 1.44 bits per heavy atom. The fourth-order valence-electron chi connectivity index (χ4n) is 1.62. The molecule has 8 nitrogen and oxygen atoms in total. The van der Waals surface area contributed by atoms with Crippen molar-refractivity contribution in [2.24, 2.45) is 7.05 Å². The fourth-order valence-corrected chi connectivity index (χ4v) is 3.06. The van der Waals surface area contributed by atoms with Gasteiger partial charge in [-0.15, -0.1) is 0 Å². The Morgan fingerprint density at radius 2 is 2.11 bits per heavy atom. The summed E-state index contributed by atoms with van der Waals surface area (Å²) < 4.78 is 32.9. The highest BCUT2D eigenvalue weighted by atomic mass is 32.2. The zero-order valence-electron chi connectivity index (χ0n) is 10.1. The van der Waals surface area contributed by atoms with E-state index in [1.54, 1.807) is 14.0 Å². The number of anilines is 2. The van der Waals surface area contributed by atoms with Crippen LogP contribution in [0.3, 0.4) is 0 Å². The molecule has 0 spiro atoms. The van der Waals surface area contributed by atoms with Gasteiger partial charge in [-0.25, -0.2) is 8.42 Å². The molecular weight excluding hydrogens is 258 g/mol. The van der Waals surface area contributed by atoms with Gasteiger partial charge in [-0.3, -0.25) is 9.40 Å². The lowest BCUT2D eigenvalue weighted by Crippen LogP contribution is -2.17. The normalized spacial score (nSPS) is 11.7. The smallest absolute Gasteiger partial charge is 0.268 e. The topological polar surface area (TPSA) is 116 Å². The third-order valence-corrected chi connectivity index (χ3v) is 4.02. The highest BCUT2D eigenvalue weighted by molar-refractivity contribution is 7.92. The first-order chi connectivity index (χ1) is 8.33. The second-order valence-electron chi connectivity index (χ2n) is 3.83. The Balaban J connectivity index is 2.46. The van der Waals surface area contributed by atoms with E-state index in [2.05, 4.69) is 15.0 Å². The first-order valence-electron chi connectivity index (χ1n) is 5.06. The average Bonchev–Trinajstić information content (AvgIpc) is 2.76. The van der Waals surface area contributed by atoms with Gasteiger partial charge in [0.05, 0.1) is 11.9 Å². The van der Waals surface area contributed by atoms with E-state index < -0.39 is 10.0 Å². The Kier molecular flexibility index (Phi) is 2.77.